The molecule has 6 aromatic carbocycles. The summed E-state index contributed by atoms with van der Waals surface area (Å²) in [5, 5.41) is 57.6. The third-order valence-electron chi connectivity index (χ3n) is 8.61. The Hall–Kier alpha value is -8.23. The van der Waals surface area contributed by atoms with Crippen molar-refractivity contribution in [1.82, 2.24) is 0 Å². The molecule has 0 atom stereocenters. The van der Waals surface area contributed by atoms with E-state index in [2.05, 4.69) is 0 Å². The van der Waals surface area contributed by atoms with Gasteiger partial charge in [-0.25, -0.2) is 28.8 Å². The maximum atomic E-state index is 15.8. The van der Waals surface area contributed by atoms with E-state index in [1.807, 2.05) is 0 Å². The topological polar surface area (TPSA) is 269 Å². The van der Waals surface area contributed by atoms with Gasteiger partial charge >= 0.3 is 35.8 Å². The Balaban J connectivity index is 1.45. The molecule has 59 heavy (non-hydrogen) atoms. The fourth-order valence-corrected chi connectivity index (χ4v) is 8.64. The van der Waals surface area contributed by atoms with Gasteiger partial charge in [0.05, 0.1) is 33.4 Å². The van der Waals surface area contributed by atoms with Crippen LogP contribution in [-0.4, -0.2) is 66.5 Å². The maximum Gasteiger partial charge on any atom is 0.336 e. The summed E-state index contributed by atoms with van der Waals surface area (Å²) in [7, 11) is -4.07. The molecule has 0 heterocycles. The average molecular weight is 819 g/mol. The van der Waals surface area contributed by atoms with Gasteiger partial charge in [-0.3, -0.25) is 0 Å². The van der Waals surface area contributed by atoms with Crippen LogP contribution in [0.2, 0.25) is 0 Å². The number of rotatable bonds is 15. The summed E-state index contributed by atoms with van der Waals surface area (Å²) in [5.74, 6) is -8.85. The first-order chi connectivity index (χ1) is 28.0. The molecule has 0 saturated carbocycles. The van der Waals surface area contributed by atoms with Gasteiger partial charge in [-0.15, -0.1) is 0 Å². The van der Waals surface area contributed by atoms with Crippen LogP contribution >= 0.6 is 7.14 Å². The molecule has 0 fully saturated rings. The van der Waals surface area contributed by atoms with Gasteiger partial charge in [0.25, 0.3) is 0 Å². The van der Waals surface area contributed by atoms with Gasteiger partial charge in [0.15, 0.2) is 7.14 Å². The fraction of sp³-hybridized carbons (Fsp3) is 0. The lowest BCUT2D eigenvalue weighted by molar-refractivity contribution is 0.0651. The SMILES string of the molecule is O=C(O)c1ccc(Oc2cccc(P(=O)(c3cccc(Oc4ccc(C(=O)O)c(C(=O)O)c4)c3)c3cccc(Oc4ccc(C(=O)O)c(C(=O)O)c4)c3)c2)cc1C(=O)O. The van der Waals surface area contributed by atoms with Crippen molar-refractivity contribution in [2.75, 3.05) is 0 Å². The molecule has 17 heteroatoms. The van der Waals surface area contributed by atoms with Crippen molar-refractivity contribution in [1.29, 1.82) is 0 Å². The Kier molecular flexibility index (Phi) is 11.3. The summed E-state index contributed by atoms with van der Waals surface area (Å²) in [6.45, 7) is 0. The standard InChI is InChI=1S/C42H27O16P/c43-37(44)31-13-10-25(19-34(31)40(49)50)56-22-4-1-7-28(16-22)59(55,29-8-2-5-23(17-29)57-26-11-14-32(38(45)46)35(20-26)41(51)52)30-9-3-6-24(18-30)58-27-12-15-33(39(47)48)36(21-27)42(53)54/h1-21H,(H,43,44)(H,45,46)(H,47,48)(H,49,50)(H,51,52)(H,53,54). The first-order valence-electron chi connectivity index (χ1n) is 16.8. The molecule has 6 aromatic rings. The van der Waals surface area contributed by atoms with E-state index in [0.717, 1.165) is 36.4 Å². The number of benzene rings is 6. The Morgan fingerprint density at radius 3 is 0.797 bits per heavy atom. The highest BCUT2D eigenvalue weighted by Gasteiger charge is 2.32. The molecule has 6 N–H and O–H groups in total. The van der Waals surface area contributed by atoms with Gasteiger partial charge in [0.2, 0.25) is 0 Å². The van der Waals surface area contributed by atoms with Crippen LogP contribution in [0.25, 0.3) is 0 Å². The zero-order chi connectivity index (χ0) is 42.6. The normalized spacial score (nSPS) is 10.9. The van der Waals surface area contributed by atoms with Crippen molar-refractivity contribution in [2.24, 2.45) is 0 Å². The summed E-state index contributed by atoms with van der Waals surface area (Å²) in [6.07, 6.45) is 0. The summed E-state index contributed by atoms with van der Waals surface area (Å²) >= 11 is 0. The zero-order valence-corrected chi connectivity index (χ0v) is 30.7. The molecule has 0 bridgehead atoms. The molecular formula is C42H27O16P. The first kappa shape index (κ1) is 40.4. The second-order valence-electron chi connectivity index (χ2n) is 12.4. The van der Waals surface area contributed by atoms with Gasteiger partial charge in [-0.2, -0.15) is 0 Å². The van der Waals surface area contributed by atoms with Crippen molar-refractivity contribution < 1.29 is 78.2 Å². The number of hydrogen-bond donors (Lipinski definition) is 6. The summed E-state index contributed by atoms with van der Waals surface area (Å²) in [4.78, 5) is 70.2. The lowest BCUT2D eigenvalue weighted by Crippen LogP contribution is -2.25. The Morgan fingerprint density at radius 1 is 0.322 bits per heavy atom. The monoisotopic (exact) mass is 818 g/mol. The van der Waals surface area contributed by atoms with Crippen molar-refractivity contribution in [3.05, 3.63) is 161 Å². The predicted molar refractivity (Wildman–Crippen MR) is 207 cm³/mol. The van der Waals surface area contributed by atoms with Crippen LogP contribution in [0.15, 0.2) is 127 Å². The number of aromatic carboxylic acids is 6. The van der Waals surface area contributed by atoms with Crippen LogP contribution in [0.5, 0.6) is 34.5 Å². The summed E-state index contributed by atoms with van der Waals surface area (Å²) < 4.78 is 33.6. The largest absolute Gasteiger partial charge is 0.478 e. The molecule has 0 amide bonds. The molecule has 0 aliphatic heterocycles. The smallest absolute Gasteiger partial charge is 0.336 e. The molecule has 0 aromatic heterocycles. The van der Waals surface area contributed by atoms with Crippen LogP contribution < -0.4 is 30.1 Å². The quantitative estimate of drug-likeness (QED) is 0.0576. The van der Waals surface area contributed by atoms with E-state index < -0.39 is 76.3 Å². The second kappa shape index (κ2) is 16.5. The molecule has 6 rings (SSSR count). The number of ether oxygens (including phenoxy) is 3. The van der Waals surface area contributed by atoms with E-state index in [9.17, 15) is 59.4 Å². The fourth-order valence-electron chi connectivity index (χ4n) is 5.93. The minimum atomic E-state index is -4.07. The Morgan fingerprint density at radius 2 is 0.559 bits per heavy atom. The number of carboxylic acids is 6. The molecule has 0 aliphatic rings. The van der Waals surface area contributed by atoms with Crippen LogP contribution in [0.4, 0.5) is 0 Å². The first-order valence-corrected chi connectivity index (χ1v) is 18.5. The molecular weight excluding hydrogens is 791 g/mol. The molecule has 0 spiro atoms. The van der Waals surface area contributed by atoms with Crippen LogP contribution in [0.1, 0.15) is 62.1 Å². The van der Waals surface area contributed by atoms with Crippen LogP contribution in [-0.2, 0) is 4.57 Å². The van der Waals surface area contributed by atoms with Crippen molar-refractivity contribution in [3.63, 3.8) is 0 Å². The van der Waals surface area contributed by atoms with E-state index in [1.54, 1.807) is 0 Å². The van der Waals surface area contributed by atoms with Crippen molar-refractivity contribution in [2.45, 2.75) is 0 Å². The minimum absolute atomic E-state index is 0.0468. The highest BCUT2D eigenvalue weighted by Crippen LogP contribution is 2.45. The van der Waals surface area contributed by atoms with E-state index in [1.165, 1.54) is 91.0 Å². The number of carbonyl (C=O) groups is 6. The zero-order valence-electron chi connectivity index (χ0n) is 29.8. The lowest BCUT2D eigenvalue weighted by atomic mass is 10.1. The predicted octanol–water partition coefficient (Wildman–Crippen LogP) is 6.89. The molecule has 0 radical (unpaired) electrons. The Bertz CT molecular complexity index is 2480. The minimum Gasteiger partial charge on any atom is -0.478 e. The maximum absolute atomic E-state index is 15.8. The molecule has 0 aliphatic carbocycles. The highest BCUT2D eigenvalue weighted by atomic mass is 31.2. The molecule has 0 saturated heterocycles. The van der Waals surface area contributed by atoms with Crippen LogP contribution in [0, 0.1) is 0 Å². The van der Waals surface area contributed by atoms with Gasteiger partial charge in [0, 0.05) is 15.9 Å². The lowest BCUT2D eigenvalue weighted by Gasteiger charge is -2.22. The van der Waals surface area contributed by atoms with Gasteiger partial charge in [-0.1, -0.05) is 36.4 Å². The van der Waals surface area contributed by atoms with Gasteiger partial charge < -0.3 is 49.4 Å². The van der Waals surface area contributed by atoms with Crippen molar-refractivity contribution >= 4 is 58.9 Å². The van der Waals surface area contributed by atoms with E-state index in [-0.39, 0.29) is 50.4 Å². The van der Waals surface area contributed by atoms with E-state index >= 15 is 4.57 Å². The van der Waals surface area contributed by atoms with Crippen molar-refractivity contribution in [3.8, 4) is 34.5 Å². The molecule has 16 nitrogen and oxygen atoms in total. The Labute approximate surface area is 331 Å². The number of hydrogen-bond acceptors (Lipinski definition) is 10. The van der Waals surface area contributed by atoms with Crippen LogP contribution in [0.3, 0.4) is 0 Å². The van der Waals surface area contributed by atoms with E-state index in [4.69, 9.17) is 14.2 Å². The number of carboxylic acid groups (broad SMARTS) is 6. The van der Waals surface area contributed by atoms with E-state index in [0.29, 0.717) is 0 Å². The second-order valence-corrected chi connectivity index (χ2v) is 15.1. The average Bonchev–Trinajstić information content (AvgIpc) is 3.20. The third-order valence-corrected chi connectivity index (χ3v) is 11.6. The van der Waals surface area contributed by atoms with Gasteiger partial charge in [0.1, 0.15) is 34.5 Å². The van der Waals surface area contributed by atoms with Gasteiger partial charge in [-0.05, 0) is 91.0 Å². The third kappa shape index (κ3) is 8.62. The summed E-state index contributed by atoms with van der Waals surface area (Å²) in [6, 6.07) is 27.8. The summed E-state index contributed by atoms with van der Waals surface area (Å²) in [5.41, 5.74) is -3.02. The molecule has 0 unspecified atom stereocenters. The molecule has 296 valence electrons. The highest BCUT2D eigenvalue weighted by molar-refractivity contribution is 7.85.